The molecule has 3 amide bonds. The van der Waals surface area contributed by atoms with E-state index in [1.807, 2.05) is 30.3 Å². The minimum atomic E-state index is -0.512. The highest BCUT2D eigenvalue weighted by Gasteiger charge is 2.25. The maximum absolute atomic E-state index is 11.3. The first-order chi connectivity index (χ1) is 9.72. The van der Waals surface area contributed by atoms with Gasteiger partial charge in [-0.2, -0.15) is 10.2 Å². The van der Waals surface area contributed by atoms with E-state index in [-0.39, 0.29) is 12.5 Å². The van der Waals surface area contributed by atoms with Crippen molar-refractivity contribution in [2.24, 2.45) is 5.10 Å². The molecule has 7 nitrogen and oxygen atoms in total. The molecule has 7 heteroatoms. The number of imide groups is 1. The molecule has 2 heterocycles. The van der Waals surface area contributed by atoms with E-state index < -0.39 is 6.03 Å². The molecule has 0 spiro atoms. The van der Waals surface area contributed by atoms with Crippen LogP contribution in [0.4, 0.5) is 4.79 Å². The molecule has 1 aliphatic rings. The summed E-state index contributed by atoms with van der Waals surface area (Å²) in [6.45, 7) is -0.0534. The van der Waals surface area contributed by atoms with Gasteiger partial charge in [-0.05, 0) is 12.1 Å². The van der Waals surface area contributed by atoms with Crippen molar-refractivity contribution >= 4 is 18.2 Å². The number of hydrogen-bond donors (Lipinski definition) is 1. The zero-order chi connectivity index (χ0) is 13.9. The van der Waals surface area contributed by atoms with Crippen LogP contribution < -0.4 is 5.32 Å². The molecule has 1 aromatic heterocycles. The fourth-order valence-corrected chi connectivity index (χ4v) is 1.79. The number of nitrogens with zero attached hydrogens (tertiary/aromatic N) is 4. The molecule has 1 N–H and O–H groups in total. The van der Waals surface area contributed by atoms with E-state index >= 15 is 0 Å². The number of urea groups is 1. The monoisotopic (exact) mass is 269 g/mol. The summed E-state index contributed by atoms with van der Waals surface area (Å²) in [5, 5.41) is 11.4. The predicted molar refractivity (Wildman–Crippen MR) is 71.4 cm³/mol. The molecular weight excluding hydrogens is 258 g/mol. The summed E-state index contributed by atoms with van der Waals surface area (Å²) < 4.78 is 1.70. The Balaban J connectivity index is 1.75. The largest absolute Gasteiger partial charge is 0.344 e. The van der Waals surface area contributed by atoms with Gasteiger partial charge in [0, 0.05) is 11.8 Å². The first-order valence-electron chi connectivity index (χ1n) is 5.98. The Labute approximate surface area is 114 Å². The highest BCUT2D eigenvalue weighted by Crippen LogP contribution is 2.07. The molecule has 3 rings (SSSR count). The van der Waals surface area contributed by atoms with Crippen LogP contribution in [0.1, 0.15) is 5.56 Å². The van der Waals surface area contributed by atoms with Crippen LogP contribution in [0.15, 0.2) is 47.8 Å². The van der Waals surface area contributed by atoms with Gasteiger partial charge in [-0.3, -0.25) is 10.1 Å². The highest BCUT2D eigenvalue weighted by molar-refractivity contribution is 6.02. The Hall–Kier alpha value is -2.96. The first-order valence-corrected chi connectivity index (χ1v) is 5.98. The molecule has 1 aromatic carbocycles. The number of rotatable bonds is 3. The van der Waals surface area contributed by atoms with Crippen molar-refractivity contribution in [3.8, 4) is 5.69 Å². The second-order valence-corrected chi connectivity index (χ2v) is 4.21. The number of hydrazone groups is 1. The Bertz CT molecular complexity index is 677. The third kappa shape index (κ3) is 2.41. The van der Waals surface area contributed by atoms with Crippen LogP contribution in [0.2, 0.25) is 0 Å². The van der Waals surface area contributed by atoms with E-state index in [1.165, 1.54) is 6.21 Å². The zero-order valence-electron chi connectivity index (χ0n) is 10.4. The van der Waals surface area contributed by atoms with Crippen LogP contribution in [0, 0.1) is 0 Å². The normalized spacial score (nSPS) is 15.1. The summed E-state index contributed by atoms with van der Waals surface area (Å²) in [6, 6.07) is 9.12. The van der Waals surface area contributed by atoms with E-state index in [4.69, 9.17) is 0 Å². The van der Waals surface area contributed by atoms with Gasteiger partial charge in [-0.15, -0.1) is 0 Å². The Morgan fingerprint density at radius 1 is 1.25 bits per heavy atom. The van der Waals surface area contributed by atoms with Crippen molar-refractivity contribution < 1.29 is 9.59 Å². The molecule has 0 aliphatic carbocycles. The number of carbonyl (C=O) groups is 2. The summed E-state index contributed by atoms with van der Waals surface area (Å²) in [4.78, 5) is 22.3. The second kappa shape index (κ2) is 4.96. The zero-order valence-corrected chi connectivity index (χ0v) is 10.4. The molecule has 1 aliphatic heterocycles. The Kier molecular flexibility index (Phi) is 3.00. The van der Waals surface area contributed by atoms with E-state index in [9.17, 15) is 9.59 Å². The van der Waals surface area contributed by atoms with Crippen molar-refractivity contribution in [1.29, 1.82) is 0 Å². The topological polar surface area (TPSA) is 79.6 Å². The van der Waals surface area contributed by atoms with Crippen LogP contribution >= 0.6 is 0 Å². The van der Waals surface area contributed by atoms with Gasteiger partial charge in [0.05, 0.1) is 18.1 Å². The summed E-state index contributed by atoms with van der Waals surface area (Å²) in [5.41, 5.74) is 1.67. The molecule has 2 aromatic rings. The minimum Gasteiger partial charge on any atom is -0.275 e. The van der Waals surface area contributed by atoms with Gasteiger partial charge in [0.2, 0.25) is 5.91 Å². The number of hydrogen-bond acceptors (Lipinski definition) is 4. The van der Waals surface area contributed by atoms with E-state index in [0.717, 1.165) is 16.3 Å². The quantitative estimate of drug-likeness (QED) is 0.660. The van der Waals surface area contributed by atoms with Gasteiger partial charge < -0.3 is 0 Å². The molecule has 1 saturated heterocycles. The van der Waals surface area contributed by atoms with Gasteiger partial charge in [-0.1, -0.05) is 18.2 Å². The molecule has 0 saturated carbocycles. The average molecular weight is 269 g/mol. The molecular formula is C13H11N5O2. The number of benzene rings is 1. The first kappa shape index (κ1) is 12.1. The third-order valence-corrected chi connectivity index (χ3v) is 2.74. The van der Waals surface area contributed by atoms with Crippen molar-refractivity contribution in [3.63, 3.8) is 0 Å². The summed E-state index contributed by atoms with van der Waals surface area (Å²) in [5.74, 6) is -0.355. The Morgan fingerprint density at radius 3 is 2.75 bits per heavy atom. The number of amides is 3. The SMILES string of the molecule is O=C1CN(/N=C\c2cnn(-c3ccccc3)c2)C(=O)N1. The maximum atomic E-state index is 11.3. The van der Waals surface area contributed by atoms with Gasteiger partial charge in [-0.25, -0.2) is 14.5 Å². The smallest absolute Gasteiger partial charge is 0.275 e. The van der Waals surface area contributed by atoms with Crippen LogP contribution in [0.3, 0.4) is 0 Å². The number of para-hydroxylation sites is 1. The van der Waals surface area contributed by atoms with Crippen LogP contribution in [0.25, 0.3) is 5.69 Å². The van der Waals surface area contributed by atoms with Crippen LogP contribution in [0.5, 0.6) is 0 Å². The van der Waals surface area contributed by atoms with E-state index in [2.05, 4.69) is 15.5 Å². The summed E-state index contributed by atoms with van der Waals surface area (Å²) in [7, 11) is 0. The van der Waals surface area contributed by atoms with Crippen molar-refractivity contribution in [3.05, 3.63) is 48.3 Å². The molecule has 0 unspecified atom stereocenters. The summed E-state index contributed by atoms with van der Waals surface area (Å²) in [6.07, 6.45) is 4.91. The van der Waals surface area contributed by atoms with Gasteiger partial charge in [0.1, 0.15) is 6.54 Å². The second-order valence-electron chi connectivity index (χ2n) is 4.21. The minimum absolute atomic E-state index is 0.0534. The van der Waals surface area contributed by atoms with Crippen LogP contribution in [-0.4, -0.2) is 39.5 Å². The number of aromatic nitrogens is 2. The number of nitrogens with one attached hydrogen (secondary N) is 1. The molecule has 0 atom stereocenters. The molecule has 1 fully saturated rings. The lowest BCUT2D eigenvalue weighted by Gasteiger charge is -2.03. The van der Waals surface area contributed by atoms with E-state index in [0.29, 0.717) is 0 Å². The molecule has 20 heavy (non-hydrogen) atoms. The number of carbonyl (C=O) groups excluding carboxylic acids is 2. The van der Waals surface area contributed by atoms with Gasteiger partial charge in [0.15, 0.2) is 0 Å². The van der Waals surface area contributed by atoms with Gasteiger partial charge >= 0.3 is 6.03 Å². The fraction of sp³-hybridized carbons (Fsp3) is 0.0769. The van der Waals surface area contributed by atoms with Crippen molar-refractivity contribution in [2.45, 2.75) is 0 Å². The maximum Gasteiger partial charge on any atom is 0.344 e. The lowest BCUT2D eigenvalue weighted by Crippen LogP contribution is -2.24. The van der Waals surface area contributed by atoms with Crippen molar-refractivity contribution in [1.82, 2.24) is 20.1 Å². The van der Waals surface area contributed by atoms with Crippen LogP contribution in [-0.2, 0) is 4.79 Å². The van der Waals surface area contributed by atoms with Crippen molar-refractivity contribution in [2.75, 3.05) is 6.54 Å². The Morgan fingerprint density at radius 2 is 2.05 bits per heavy atom. The predicted octanol–water partition coefficient (Wildman–Crippen LogP) is 0.758. The highest BCUT2D eigenvalue weighted by atomic mass is 16.2. The summed E-state index contributed by atoms with van der Waals surface area (Å²) >= 11 is 0. The van der Waals surface area contributed by atoms with E-state index in [1.54, 1.807) is 17.1 Å². The lowest BCUT2D eigenvalue weighted by atomic mass is 10.3. The molecule has 0 radical (unpaired) electrons. The average Bonchev–Trinajstić information content (AvgIpc) is 3.04. The molecule has 0 bridgehead atoms. The fourth-order valence-electron chi connectivity index (χ4n) is 1.79. The molecule has 100 valence electrons. The standard InChI is InChI=1S/C13H11N5O2/c19-12-9-18(13(20)16-12)15-7-10-6-14-17(8-10)11-4-2-1-3-5-11/h1-8H,9H2,(H,16,19,20)/b15-7-. The lowest BCUT2D eigenvalue weighted by molar-refractivity contribution is -0.118. The third-order valence-electron chi connectivity index (χ3n) is 2.74. The van der Waals surface area contributed by atoms with Gasteiger partial charge in [0.25, 0.3) is 0 Å².